The number of likely N-dealkylation sites (tertiary alicyclic amines) is 1. The largest absolute Gasteiger partial charge is 0.334 e. The van der Waals surface area contributed by atoms with E-state index < -0.39 is 0 Å². The first-order chi connectivity index (χ1) is 8.15. The van der Waals surface area contributed by atoms with Crippen LogP contribution in [-0.4, -0.2) is 23.4 Å². The zero-order valence-corrected chi connectivity index (χ0v) is 10.5. The van der Waals surface area contributed by atoms with Crippen molar-refractivity contribution in [3.05, 3.63) is 35.4 Å². The molecule has 0 aliphatic carbocycles. The number of rotatable bonds is 3. The molecule has 2 atom stereocenters. The lowest BCUT2D eigenvalue weighted by Crippen LogP contribution is -2.34. The molecule has 0 radical (unpaired) electrons. The minimum absolute atomic E-state index is 0.0589. The van der Waals surface area contributed by atoms with Gasteiger partial charge < -0.3 is 10.6 Å². The van der Waals surface area contributed by atoms with Gasteiger partial charge in [-0.15, -0.1) is 0 Å². The maximum absolute atomic E-state index is 11.9. The van der Waals surface area contributed by atoms with E-state index in [1.165, 1.54) is 11.1 Å². The van der Waals surface area contributed by atoms with Crippen molar-refractivity contribution >= 4 is 5.91 Å². The Morgan fingerprint density at radius 1 is 1.41 bits per heavy atom. The summed E-state index contributed by atoms with van der Waals surface area (Å²) in [7, 11) is 0. The second-order valence-electron chi connectivity index (χ2n) is 4.76. The molecule has 17 heavy (non-hydrogen) atoms. The molecule has 2 rings (SSSR count). The van der Waals surface area contributed by atoms with Gasteiger partial charge in [-0.2, -0.15) is 0 Å². The number of aryl methyl sites for hydroxylation is 1. The minimum Gasteiger partial charge on any atom is -0.334 e. The summed E-state index contributed by atoms with van der Waals surface area (Å²) in [4.78, 5) is 13.9. The zero-order valence-electron chi connectivity index (χ0n) is 10.5. The van der Waals surface area contributed by atoms with Crippen LogP contribution in [0.25, 0.3) is 0 Å². The maximum Gasteiger partial charge on any atom is 0.224 e. The highest BCUT2D eigenvalue weighted by molar-refractivity contribution is 5.80. The number of hydrogen-bond acceptors (Lipinski definition) is 2. The number of carbonyl (C=O) groups is 1. The number of carbonyl (C=O) groups excluding carboxylic acids is 1. The predicted molar refractivity (Wildman–Crippen MR) is 68.5 cm³/mol. The van der Waals surface area contributed by atoms with Crippen molar-refractivity contribution in [3.63, 3.8) is 0 Å². The van der Waals surface area contributed by atoms with Crippen LogP contribution in [0.3, 0.4) is 0 Å². The van der Waals surface area contributed by atoms with Crippen LogP contribution in [0.2, 0.25) is 0 Å². The van der Waals surface area contributed by atoms with Crippen molar-refractivity contribution in [1.29, 1.82) is 0 Å². The standard InChI is InChI=1S/C14H20N2O/c1-3-8-16-13(17)9-12(15)14(16)11-7-5-4-6-10(11)2/h4-7,12,14H,3,8-9,15H2,1-2H3. The summed E-state index contributed by atoms with van der Waals surface area (Å²) in [6.07, 6.45) is 1.44. The van der Waals surface area contributed by atoms with E-state index in [4.69, 9.17) is 5.73 Å². The van der Waals surface area contributed by atoms with E-state index in [0.29, 0.717) is 6.42 Å². The molecule has 3 nitrogen and oxygen atoms in total. The van der Waals surface area contributed by atoms with Gasteiger partial charge in [0.1, 0.15) is 0 Å². The van der Waals surface area contributed by atoms with Gasteiger partial charge in [0.15, 0.2) is 0 Å². The van der Waals surface area contributed by atoms with Gasteiger partial charge in [0.2, 0.25) is 5.91 Å². The molecule has 3 heteroatoms. The van der Waals surface area contributed by atoms with Crippen molar-refractivity contribution < 1.29 is 4.79 Å². The lowest BCUT2D eigenvalue weighted by Gasteiger charge is -2.28. The Morgan fingerprint density at radius 3 is 2.76 bits per heavy atom. The Morgan fingerprint density at radius 2 is 2.12 bits per heavy atom. The van der Waals surface area contributed by atoms with Crippen molar-refractivity contribution in [3.8, 4) is 0 Å². The number of benzene rings is 1. The van der Waals surface area contributed by atoms with Gasteiger partial charge >= 0.3 is 0 Å². The summed E-state index contributed by atoms with van der Waals surface area (Å²) in [5.74, 6) is 0.188. The van der Waals surface area contributed by atoms with Gasteiger partial charge in [-0.3, -0.25) is 4.79 Å². The molecule has 92 valence electrons. The fraction of sp³-hybridized carbons (Fsp3) is 0.500. The first-order valence-corrected chi connectivity index (χ1v) is 6.25. The van der Waals surface area contributed by atoms with Gasteiger partial charge in [0.25, 0.3) is 0 Å². The molecule has 2 unspecified atom stereocenters. The zero-order chi connectivity index (χ0) is 12.4. The second-order valence-corrected chi connectivity index (χ2v) is 4.76. The van der Waals surface area contributed by atoms with Crippen molar-refractivity contribution in [2.45, 2.75) is 38.8 Å². The molecule has 1 aromatic rings. The van der Waals surface area contributed by atoms with E-state index in [0.717, 1.165) is 13.0 Å². The average molecular weight is 232 g/mol. The van der Waals surface area contributed by atoms with Crippen LogP contribution in [-0.2, 0) is 4.79 Å². The summed E-state index contributed by atoms with van der Waals surface area (Å²) in [6.45, 7) is 4.96. The topological polar surface area (TPSA) is 46.3 Å². The minimum atomic E-state index is -0.0739. The highest BCUT2D eigenvalue weighted by Gasteiger charge is 2.38. The number of nitrogens with two attached hydrogens (primary N) is 1. The molecule has 1 amide bonds. The van der Waals surface area contributed by atoms with Crippen LogP contribution in [0.1, 0.15) is 36.9 Å². The molecular weight excluding hydrogens is 212 g/mol. The molecule has 0 aromatic heterocycles. The number of amides is 1. The third kappa shape index (κ3) is 2.20. The summed E-state index contributed by atoms with van der Waals surface area (Å²) in [5.41, 5.74) is 8.53. The van der Waals surface area contributed by atoms with E-state index in [2.05, 4.69) is 26.0 Å². The average Bonchev–Trinajstić information content (AvgIpc) is 2.56. The van der Waals surface area contributed by atoms with Crippen LogP contribution >= 0.6 is 0 Å². The fourth-order valence-corrected chi connectivity index (χ4v) is 2.64. The summed E-state index contributed by atoms with van der Waals surface area (Å²) in [6, 6.07) is 8.18. The molecule has 1 aliphatic heterocycles. The molecular formula is C14H20N2O. The third-order valence-corrected chi connectivity index (χ3v) is 3.44. The Kier molecular flexibility index (Phi) is 3.48. The molecule has 1 heterocycles. The van der Waals surface area contributed by atoms with Crippen LogP contribution in [0.4, 0.5) is 0 Å². The van der Waals surface area contributed by atoms with E-state index in [1.54, 1.807) is 0 Å². The highest BCUT2D eigenvalue weighted by Crippen LogP contribution is 2.33. The monoisotopic (exact) mass is 232 g/mol. The van der Waals surface area contributed by atoms with Crippen LogP contribution < -0.4 is 5.73 Å². The fourth-order valence-electron chi connectivity index (χ4n) is 2.64. The van der Waals surface area contributed by atoms with Gasteiger partial charge in [0.05, 0.1) is 6.04 Å². The Balaban J connectivity index is 2.35. The quantitative estimate of drug-likeness (QED) is 0.866. The summed E-state index contributed by atoms with van der Waals surface area (Å²) < 4.78 is 0. The van der Waals surface area contributed by atoms with Crippen LogP contribution in [0, 0.1) is 6.92 Å². The first-order valence-electron chi connectivity index (χ1n) is 6.25. The molecule has 0 saturated carbocycles. The molecule has 0 bridgehead atoms. The second kappa shape index (κ2) is 4.88. The van der Waals surface area contributed by atoms with E-state index >= 15 is 0 Å². The molecule has 1 aliphatic rings. The Bertz CT molecular complexity index is 416. The molecule has 1 aromatic carbocycles. The Labute approximate surface area is 103 Å². The Hall–Kier alpha value is -1.35. The van der Waals surface area contributed by atoms with Gasteiger partial charge in [-0.25, -0.2) is 0 Å². The van der Waals surface area contributed by atoms with E-state index in [-0.39, 0.29) is 18.0 Å². The van der Waals surface area contributed by atoms with Crippen molar-refractivity contribution in [2.24, 2.45) is 5.73 Å². The molecule has 2 N–H and O–H groups in total. The molecule has 1 fully saturated rings. The maximum atomic E-state index is 11.9. The number of hydrogen-bond donors (Lipinski definition) is 1. The third-order valence-electron chi connectivity index (χ3n) is 3.44. The first kappa shape index (κ1) is 12.1. The van der Waals surface area contributed by atoms with Gasteiger partial charge in [0, 0.05) is 19.0 Å². The summed E-state index contributed by atoms with van der Waals surface area (Å²) >= 11 is 0. The predicted octanol–water partition coefficient (Wildman–Crippen LogP) is 2.01. The SMILES string of the molecule is CCCN1C(=O)CC(N)C1c1ccccc1C. The highest BCUT2D eigenvalue weighted by atomic mass is 16.2. The van der Waals surface area contributed by atoms with Crippen molar-refractivity contribution in [2.75, 3.05) is 6.54 Å². The normalized spacial score (nSPS) is 24.4. The smallest absolute Gasteiger partial charge is 0.224 e. The number of nitrogens with zero attached hydrogens (tertiary/aromatic N) is 1. The van der Waals surface area contributed by atoms with Crippen molar-refractivity contribution in [1.82, 2.24) is 4.90 Å². The van der Waals surface area contributed by atoms with E-state index in [1.807, 2.05) is 17.0 Å². The molecule has 1 saturated heterocycles. The van der Waals surface area contributed by atoms with Crippen LogP contribution in [0.15, 0.2) is 24.3 Å². The lowest BCUT2D eigenvalue weighted by atomic mass is 9.96. The van der Waals surface area contributed by atoms with E-state index in [9.17, 15) is 4.79 Å². The van der Waals surface area contributed by atoms with Gasteiger partial charge in [-0.05, 0) is 24.5 Å². The summed E-state index contributed by atoms with van der Waals surface area (Å²) in [5, 5.41) is 0. The lowest BCUT2D eigenvalue weighted by molar-refractivity contribution is -0.129. The van der Waals surface area contributed by atoms with Gasteiger partial charge in [-0.1, -0.05) is 31.2 Å². The van der Waals surface area contributed by atoms with Crippen LogP contribution in [0.5, 0.6) is 0 Å². The molecule has 0 spiro atoms.